The molecule has 2 fully saturated rings. The first-order valence-corrected chi connectivity index (χ1v) is 11.0. The summed E-state index contributed by atoms with van der Waals surface area (Å²) in [5.41, 5.74) is 0.840. The molecule has 1 aliphatic carbocycles. The first-order chi connectivity index (χ1) is 15.1. The number of carbonyl (C=O) groups is 1. The Bertz CT molecular complexity index is 1000. The predicted octanol–water partition coefficient (Wildman–Crippen LogP) is 3.41. The number of aliphatic hydroxyl groups is 1. The van der Waals surface area contributed by atoms with E-state index in [-0.39, 0.29) is 11.5 Å². The summed E-state index contributed by atoms with van der Waals surface area (Å²) >= 11 is 0. The molecule has 174 valence electrons. The van der Waals surface area contributed by atoms with E-state index in [1.807, 2.05) is 4.90 Å². The second kappa shape index (κ2) is 8.35. The Morgan fingerprint density at radius 3 is 2.66 bits per heavy atom. The van der Waals surface area contributed by atoms with Crippen LogP contribution in [0.4, 0.5) is 14.9 Å². The minimum absolute atomic E-state index is 0.0972. The quantitative estimate of drug-likeness (QED) is 0.746. The molecule has 2 aromatic rings. The van der Waals surface area contributed by atoms with Crippen molar-refractivity contribution < 1.29 is 23.8 Å². The third kappa shape index (κ3) is 4.57. The number of aliphatic hydroxyl groups excluding tert-OH is 1. The number of ether oxygens (including phenoxy) is 2. The summed E-state index contributed by atoms with van der Waals surface area (Å²) in [5.74, 6) is -0.000248. The van der Waals surface area contributed by atoms with Crippen molar-refractivity contribution in [1.29, 1.82) is 0 Å². The van der Waals surface area contributed by atoms with Crippen molar-refractivity contribution in [2.24, 2.45) is 5.41 Å². The first-order valence-electron chi connectivity index (χ1n) is 11.0. The van der Waals surface area contributed by atoms with Gasteiger partial charge in [-0.25, -0.2) is 14.2 Å². The van der Waals surface area contributed by atoms with Gasteiger partial charge in [0.1, 0.15) is 16.8 Å². The van der Waals surface area contributed by atoms with Crippen molar-refractivity contribution >= 4 is 22.8 Å². The molecule has 2 aliphatic rings. The average molecular weight is 447 g/mol. The number of hydrogen-bond acceptors (Lipinski definition) is 7. The zero-order valence-corrected chi connectivity index (χ0v) is 19.0. The van der Waals surface area contributed by atoms with Crippen LogP contribution in [0.3, 0.4) is 0 Å². The minimum Gasteiger partial charge on any atom is -0.481 e. The van der Waals surface area contributed by atoms with Crippen LogP contribution in [0.25, 0.3) is 11.0 Å². The number of pyridine rings is 2. The highest BCUT2D eigenvalue weighted by Gasteiger charge is 2.47. The number of aromatic nitrogens is 2. The molecule has 2 N–H and O–H groups in total. The molecular formula is C23H31FN4O4. The van der Waals surface area contributed by atoms with E-state index in [9.17, 15) is 14.3 Å². The standard InChI is InChI=1S/C23H31FN4O4/c1-22(2,3)32-21(30)26-16-11-23(12-17(16)29)7-9-28(10-8-23)20-14(24)13-25-15-5-6-18(31-4)27-19(15)20/h5-6,13,16-17,29H,7-12H2,1-4H3,(H,26,30)/t16-,17+/m0/s1. The molecule has 2 aromatic heterocycles. The molecule has 1 saturated carbocycles. The Balaban J connectivity index is 1.47. The maximum absolute atomic E-state index is 14.8. The number of carbonyl (C=O) groups excluding carboxylic acids is 1. The molecule has 0 aromatic carbocycles. The molecule has 0 radical (unpaired) electrons. The number of nitrogens with one attached hydrogen (secondary N) is 1. The summed E-state index contributed by atoms with van der Waals surface area (Å²) in [6.45, 7) is 6.67. The third-order valence-electron chi connectivity index (χ3n) is 6.43. The average Bonchev–Trinajstić information content (AvgIpc) is 3.01. The molecular weight excluding hydrogens is 415 g/mol. The lowest BCUT2D eigenvalue weighted by Crippen LogP contribution is -2.43. The van der Waals surface area contributed by atoms with Gasteiger partial charge in [0.2, 0.25) is 5.88 Å². The number of hydrogen-bond donors (Lipinski definition) is 2. The lowest BCUT2D eigenvalue weighted by molar-refractivity contribution is 0.0449. The Hall–Kier alpha value is -2.68. The summed E-state index contributed by atoms with van der Waals surface area (Å²) in [5, 5.41) is 13.4. The molecule has 2 atom stereocenters. The molecule has 1 saturated heterocycles. The molecule has 32 heavy (non-hydrogen) atoms. The highest BCUT2D eigenvalue weighted by atomic mass is 19.1. The second-order valence-electron chi connectivity index (χ2n) is 9.89. The van der Waals surface area contributed by atoms with Crippen molar-refractivity contribution in [2.75, 3.05) is 25.1 Å². The van der Waals surface area contributed by atoms with E-state index in [4.69, 9.17) is 9.47 Å². The van der Waals surface area contributed by atoms with Crippen molar-refractivity contribution in [1.82, 2.24) is 15.3 Å². The van der Waals surface area contributed by atoms with Crippen LogP contribution in [0, 0.1) is 11.2 Å². The Kier molecular flexibility index (Phi) is 5.87. The number of rotatable bonds is 3. The van der Waals surface area contributed by atoms with Gasteiger partial charge in [0, 0.05) is 19.2 Å². The maximum Gasteiger partial charge on any atom is 0.407 e. The number of methoxy groups -OCH3 is 1. The van der Waals surface area contributed by atoms with Gasteiger partial charge in [-0.1, -0.05) is 0 Å². The third-order valence-corrected chi connectivity index (χ3v) is 6.43. The molecule has 1 aliphatic heterocycles. The highest BCUT2D eigenvalue weighted by Crippen LogP contribution is 2.47. The number of nitrogens with zero attached hydrogens (tertiary/aromatic N) is 3. The highest BCUT2D eigenvalue weighted by molar-refractivity contribution is 5.88. The molecule has 3 heterocycles. The molecule has 1 spiro atoms. The zero-order valence-electron chi connectivity index (χ0n) is 19.0. The number of fused-ring (bicyclic) bond motifs is 1. The smallest absolute Gasteiger partial charge is 0.407 e. The largest absolute Gasteiger partial charge is 0.481 e. The minimum atomic E-state index is -0.626. The number of anilines is 1. The SMILES string of the molecule is COc1ccc2ncc(F)c(N3CCC4(CC3)C[C@@H](O)[C@@H](NC(=O)OC(C)(C)C)C4)c2n1. The van der Waals surface area contributed by atoms with E-state index in [1.54, 1.807) is 32.9 Å². The van der Waals surface area contributed by atoms with Crippen LogP contribution in [0.15, 0.2) is 18.3 Å². The number of amides is 1. The lowest BCUT2D eigenvalue weighted by Gasteiger charge is -2.40. The molecule has 8 nitrogen and oxygen atoms in total. The van der Waals surface area contributed by atoms with Crippen LogP contribution < -0.4 is 15.0 Å². The molecule has 0 bridgehead atoms. The zero-order chi connectivity index (χ0) is 23.1. The van der Waals surface area contributed by atoms with Gasteiger partial charge in [-0.3, -0.25) is 4.98 Å². The van der Waals surface area contributed by atoms with Gasteiger partial charge < -0.3 is 24.8 Å². The van der Waals surface area contributed by atoms with Crippen LogP contribution in [0.1, 0.15) is 46.5 Å². The van der Waals surface area contributed by atoms with E-state index < -0.39 is 23.6 Å². The van der Waals surface area contributed by atoms with Gasteiger partial charge in [-0.05, 0) is 57.9 Å². The predicted molar refractivity (Wildman–Crippen MR) is 118 cm³/mol. The van der Waals surface area contributed by atoms with Gasteiger partial charge >= 0.3 is 6.09 Å². The molecule has 0 unspecified atom stereocenters. The van der Waals surface area contributed by atoms with Gasteiger partial charge in [0.15, 0.2) is 5.82 Å². The summed E-state index contributed by atoms with van der Waals surface area (Å²) in [7, 11) is 1.53. The number of alkyl carbamates (subject to hydrolysis) is 1. The van der Waals surface area contributed by atoms with Crippen molar-refractivity contribution in [3.63, 3.8) is 0 Å². The van der Waals surface area contributed by atoms with Gasteiger partial charge in [0.25, 0.3) is 0 Å². The van der Waals surface area contributed by atoms with Crippen LogP contribution >= 0.6 is 0 Å². The summed E-state index contributed by atoms with van der Waals surface area (Å²) < 4.78 is 25.4. The fraction of sp³-hybridized carbons (Fsp3) is 0.609. The van der Waals surface area contributed by atoms with Crippen LogP contribution in [0.2, 0.25) is 0 Å². The first kappa shape index (κ1) is 22.5. The van der Waals surface area contributed by atoms with Gasteiger partial charge in [-0.2, -0.15) is 0 Å². The topological polar surface area (TPSA) is 96.8 Å². The van der Waals surface area contributed by atoms with Crippen molar-refractivity contribution in [3.8, 4) is 5.88 Å². The van der Waals surface area contributed by atoms with Crippen molar-refractivity contribution in [2.45, 2.75) is 64.2 Å². The fourth-order valence-corrected chi connectivity index (χ4v) is 4.92. The summed E-state index contributed by atoms with van der Waals surface area (Å²) in [6, 6.07) is 3.14. The lowest BCUT2D eigenvalue weighted by atomic mass is 9.76. The maximum atomic E-state index is 14.8. The summed E-state index contributed by atoms with van der Waals surface area (Å²) in [4.78, 5) is 22.8. The Morgan fingerprint density at radius 2 is 2.00 bits per heavy atom. The van der Waals surface area contributed by atoms with Crippen LogP contribution in [-0.4, -0.2) is 59.1 Å². The van der Waals surface area contributed by atoms with Crippen LogP contribution in [0.5, 0.6) is 5.88 Å². The van der Waals surface area contributed by atoms with Crippen LogP contribution in [-0.2, 0) is 4.74 Å². The van der Waals surface area contributed by atoms with E-state index in [0.717, 1.165) is 12.8 Å². The Labute approximate surface area is 187 Å². The second-order valence-corrected chi connectivity index (χ2v) is 9.89. The number of piperidine rings is 1. The fourth-order valence-electron chi connectivity index (χ4n) is 4.92. The molecule has 9 heteroatoms. The normalized spacial score (nSPS) is 22.9. The monoisotopic (exact) mass is 446 g/mol. The van der Waals surface area contributed by atoms with E-state index >= 15 is 0 Å². The molecule has 4 rings (SSSR count). The van der Waals surface area contributed by atoms with Gasteiger partial charge in [0.05, 0.1) is 31.0 Å². The number of halogens is 1. The molecule has 1 amide bonds. The Morgan fingerprint density at radius 1 is 1.28 bits per heavy atom. The van der Waals surface area contributed by atoms with E-state index in [0.29, 0.717) is 48.5 Å². The van der Waals surface area contributed by atoms with E-state index in [2.05, 4.69) is 15.3 Å². The van der Waals surface area contributed by atoms with Gasteiger partial charge in [-0.15, -0.1) is 0 Å². The summed E-state index contributed by atoms with van der Waals surface area (Å²) in [6.07, 6.45) is 2.93. The van der Waals surface area contributed by atoms with E-state index in [1.165, 1.54) is 13.3 Å². The van der Waals surface area contributed by atoms with Crippen molar-refractivity contribution in [3.05, 3.63) is 24.1 Å².